The molecule has 27 heavy (non-hydrogen) atoms. The van der Waals surface area contributed by atoms with Gasteiger partial charge in [0.25, 0.3) is 0 Å². The Morgan fingerprint density at radius 2 is 2.30 bits per heavy atom. The molecule has 1 N–H and O–H groups in total. The van der Waals surface area contributed by atoms with Crippen LogP contribution in [0.2, 0.25) is 0 Å². The van der Waals surface area contributed by atoms with E-state index >= 15 is 0 Å². The number of carbonyl (C=O) groups is 1. The van der Waals surface area contributed by atoms with E-state index in [2.05, 4.69) is 15.3 Å². The molecule has 0 unspecified atom stereocenters. The maximum atomic E-state index is 12.7. The Hall–Kier alpha value is -3.35. The molecule has 3 heterocycles. The molecular weight excluding hydrogens is 344 g/mol. The van der Waals surface area contributed by atoms with Gasteiger partial charge in [0.15, 0.2) is 0 Å². The number of esters is 1. The first-order chi connectivity index (χ1) is 13.2. The van der Waals surface area contributed by atoms with Crippen molar-refractivity contribution in [1.82, 2.24) is 20.0 Å². The van der Waals surface area contributed by atoms with Crippen LogP contribution in [0, 0.1) is 5.92 Å². The van der Waals surface area contributed by atoms with Gasteiger partial charge in [-0.2, -0.15) is 10.2 Å². The highest BCUT2D eigenvalue weighted by Crippen LogP contribution is 2.31. The molecule has 0 saturated heterocycles. The molecule has 0 radical (unpaired) electrons. The molecule has 136 valence electrons. The summed E-state index contributed by atoms with van der Waals surface area (Å²) in [6.07, 6.45) is 7.48. The summed E-state index contributed by atoms with van der Waals surface area (Å²) in [5.41, 5.74) is 4.75. The van der Waals surface area contributed by atoms with Crippen molar-refractivity contribution in [3.63, 3.8) is 0 Å². The van der Waals surface area contributed by atoms with E-state index in [0.29, 0.717) is 12.2 Å². The van der Waals surface area contributed by atoms with Gasteiger partial charge in [0, 0.05) is 24.2 Å². The number of H-pyrrole nitrogens is 1. The lowest BCUT2D eigenvalue weighted by atomic mass is 9.88. The number of fused-ring (bicyclic) bond motifs is 2. The van der Waals surface area contributed by atoms with Crippen LogP contribution in [-0.4, -0.2) is 25.9 Å². The lowest BCUT2D eigenvalue weighted by molar-refractivity contribution is -0.139. The Kier molecular flexibility index (Phi) is 3.60. The van der Waals surface area contributed by atoms with Gasteiger partial charge in [0.2, 0.25) is 0 Å². The second kappa shape index (κ2) is 6.12. The number of furan rings is 1. The number of rotatable bonds is 3. The fourth-order valence-electron chi connectivity index (χ4n) is 3.72. The Morgan fingerprint density at radius 3 is 3.15 bits per heavy atom. The zero-order valence-corrected chi connectivity index (χ0v) is 14.8. The van der Waals surface area contributed by atoms with Crippen LogP contribution in [-0.2, 0) is 24.7 Å². The van der Waals surface area contributed by atoms with Crippen LogP contribution in [0.4, 0.5) is 0 Å². The minimum Gasteiger partial charge on any atom is -0.472 e. The van der Waals surface area contributed by atoms with Crippen molar-refractivity contribution >= 4 is 16.9 Å². The zero-order chi connectivity index (χ0) is 18.4. The van der Waals surface area contributed by atoms with Crippen molar-refractivity contribution in [2.75, 3.05) is 0 Å². The van der Waals surface area contributed by atoms with Gasteiger partial charge in [-0.25, -0.2) is 0 Å². The first kappa shape index (κ1) is 15.9. The molecule has 1 aromatic carbocycles. The number of ether oxygens (including phenoxy) is 1. The fourth-order valence-corrected chi connectivity index (χ4v) is 3.72. The quantitative estimate of drug-likeness (QED) is 0.446. The van der Waals surface area contributed by atoms with Crippen molar-refractivity contribution in [3.05, 3.63) is 54.2 Å². The lowest BCUT2D eigenvalue weighted by Crippen LogP contribution is -2.26. The molecule has 1 aliphatic carbocycles. The lowest BCUT2D eigenvalue weighted by Gasteiger charge is -2.19. The third-order valence-electron chi connectivity index (χ3n) is 5.07. The predicted octanol–water partition coefficient (Wildman–Crippen LogP) is 3.27. The largest absolute Gasteiger partial charge is 0.472 e. The molecule has 3 aromatic heterocycles. The van der Waals surface area contributed by atoms with E-state index in [1.165, 1.54) is 0 Å². The highest BCUT2D eigenvalue weighted by molar-refractivity contribution is 5.94. The van der Waals surface area contributed by atoms with Crippen LogP contribution in [0.1, 0.15) is 17.7 Å². The van der Waals surface area contributed by atoms with Crippen LogP contribution in [0.25, 0.3) is 22.2 Å². The number of aromatic amines is 1. The summed E-state index contributed by atoms with van der Waals surface area (Å²) in [6.45, 7) is 0. The number of carbonyl (C=O) groups excluding carboxylic acids is 1. The molecule has 7 nitrogen and oxygen atoms in total. The standard InChI is InChI=1S/C20H18N4O3/c1-24-10-14-8-12(2-4-17(14)23-24)20(25)27-15-3-5-18-16(9-15)19(22-21-18)13-6-7-26-11-13/h3,5-7,9-12H,2,4,8H2,1H3,(H,21,22)/t12-/m1/s1. The van der Waals surface area contributed by atoms with Gasteiger partial charge in [-0.1, -0.05) is 0 Å². The van der Waals surface area contributed by atoms with Crippen molar-refractivity contribution in [3.8, 4) is 17.0 Å². The highest BCUT2D eigenvalue weighted by atomic mass is 16.5. The molecule has 0 amide bonds. The molecular formula is C20H18N4O3. The summed E-state index contributed by atoms with van der Waals surface area (Å²) in [6, 6.07) is 7.35. The summed E-state index contributed by atoms with van der Waals surface area (Å²) in [7, 11) is 1.91. The molecule has 1 atom stereocenters. The SMILES string of the molecule is Cn1cc2c(n1)CC[C@@H](C(=O)Oc1ccc3[nH]nc(-c4ccoc4)c3c1)C2. The maximum absolute atomic E-state index is 12.7. The summed E-state index contributed by atoms with van der Waals surface area (Å²) >= 11 is 0. The minimum absolute atomic E-state index is 0.143. The Morgan fingerprint density at radius 1 is 1.37 bits per heavy atom. The highest BCUT2D eigenvalue weighted by Gasteiger charge is 2.28. The minimum atomic E-state index is -0.197. The van der Waals surface area contributed by atoms with E-state index in [4.69, 9.17) is 9.15 Å². The second-order valence-electron chi connectivity index (χ2n) is 6.93. The van der Waals surface area contributed by atoms with Crippen molar-refractivity contribution < 1.29 is 13.9 Å². The topological polar surface area (TPSA) is 85.9 Å². The molecule has 5 rings (SSSR count). The second-order valence-corrected chi connectivity index (χ2v) is 6.93. The van der Waals surface area contributed by atoms with E-state index in [-0.39, 0.29) is 11.9 Å². The van der Waals surface area contributed by atoms with Crippen molar-refractivity contribution in [2.45, 2.75) is 19.3 Å². The number of hydrogen-bond acceptors (Lipinski definition) is 5. The third-order valence-corrected chi connectivity index (χ3v) is 5.07. The van der Waals surface area contributed by atoms with Gasteiger partial charge in [0.1, 0.15) is 11.4 Å². The van der Waals surface area contributed by atoms with Crippen LogP contribution in [0.3, 0.4) is 0 Å². The van der Waals surface area contributed by atoms with Crippen LogP contribution >= 0.6 is 0 Å². The Bertz CT molecular complexity index is 1120. The number of benzene rings is 1. The molecule has 4 aromatic rings. The van der Waals surface area contributed by atoms with Gasteiger partial charge in [-0.3, -0.25) is 14.6 Å². The van der Waals surface area contributed by atoms with Gasteiger partial charge < -0.3 is 9.15 Å². The van der Waals surface area contributed by atoms with Gasteiger partial charge in [-0.15, -0.1) is 0 Å². The number of aryl methyl sites for hydroxylation is 2. The first-order valence-corrected chi connectivity index (χ1v) is 8.91. The normalized spacial score (nSPS) is 16.4. The monoisotopic (exact) mass is 362 g/mol. The van der Waals surface area contributed by atoms with E-state index in [1.807, 2.05) is 36.1 Å². The first-order valence-electron chi connectivity index (χ1n) is 8.91. The number of hydrogen-bond donors (Lipinski definition) is 1. The summed E-state index contributed by atoms with van der Waals surface area (Å²) in [4.78, 5) is 12.7. The van der Waals surface area contributed by atoms with E-state index in [9.17, 15) is 4.79 Å². The Labute approximate surface area is 154 Å². The summed E-state index contributed by atoms with van der Waals surface area (Å²) in [5.74, 6) is 0.183. The molecule has 7 heteroatoms. The van der Waals surface area contributed by atoms with Gasteiger partial charge in [-0.05, 0) is 49.1 Å². The molecule has 0 aliphatic heterocycles. The molecule has 0 spiro atoms. The van der Waals surface area contributed by atoms with Crippen LogP contribution in [0.15, 0.2) is 47.4 Å². The predicted molar refractivity (Wildman–Crippen MR) is 98.2 cm³/mol. The molecule has 0 bridgehead atoms. The smallest absolute Gasteiger partial charge is 0.314 e. The van der Waals surface area contributed by atoms with Crippen molar-refractivity contribution in [1.29, 1.82) is 0 Å². The summed E-state index contributed by atoms with van der Waals surface area (Å²) in [5, 5.41) is 12.7. The van der Waals surface area contributed by atoms with E-state index in [1.54, 1.807) is 18.6 Å². The van der Waals surface area contributed by atoms with Crippen LogP contribution < -0.4 is 4.74 Å². The number of nitrogens with one attached hydrogen (secondary N) is 1. The molecule has 1 aliphatic rings. The number of aromatic nitrogens is 4. The molecule has 0 fully saturated rings. The van der Waals surface area contributed by atoms with Crippen molar-refractivity contribution in [2.24, 2.45) is 13.0 Å². The zero-order valence-electron chi connectivity index (χ0n) is 14.8. The third kappa shape index (κ3) is 2.81. The molecule has 0 saturated carbocycles. The average Bonchev–Trinajstić information content (AvgIpc) is 3.38. The van der Waals surface area contributed by atoms with Crippen LogP contribution in [0.5, 0.6) is 5.75 Å². The average molecular weight is 362 g/mol. The van der Waals surface area contributed by atoms with Gasteiger partial charge >= 0.3 is 5.97 Å². The van der Waals surface area contributed by atoms with Gasteiger partial charge in [0.05, 0.1) is 29.7 Å². The number of nitrogens with zero attached hydrogens (tertiary/aromatic N) is 3. The Balaban J connectivity index is 1.38. The van der Waals surface area contributed by atoms with E-state index < -0.39 is 0 Å². The summed E-state index contributed by atoms with van der Waals surface area (Å²) < 4.78 is 12.6. The van der Waals surface area contributed by atoms with E-state index in [0.717, 1.165) is 46.3 Å². The maximum Gasteiger partial charge on any atom is 0.314 e. The fraction of sp³-hybridized carbons (Fsp3) is 0.250.